The molecule has 0 saturated carbocycles. The van der Waals surface area contributed by atoms with Gasteiger partial charge in [0.05, 0.1) is 24.7 Å². The Balaban J connectivity index is 1.24. The van der Waals surface area contributed by atoms with Crippen LogP contribution in [-0.2, 0) is 27.8 Å². The molecule has 7 nitrogen and oxygen atoms in total. The van der Waals surface area contributed by atoms with E-state index in [-0.39, 0.29) is 34.7 Å². The molecule has 2 heterocycles. The summed E-state index contributed by atoms with van der Waals surface area (Å²) in [6, 6.07) is 25.4. The molecule has 1 unspecified atom stereocenters. The molecule has 206 valence electrons. The minimum Gasteiger partial charge on any atom is -0.497 e. The number of likely N-dealkylation sites (tertiary alicyclic amines) is 1. The predicted molar refractivity (Wildman–Crippen MR) is 154 cm³/mol. The average Bonchev–Trinajstić information content (AvgIpc) is 3.50. The quantitative estimate of drug-likeness (QED) is 0.391. The van der Waals surface area contributed by atoms with Gasteiger partial charge in [-0.1, -0.05) is 42.5 Å². The van der Waals surface area contributed by atoms with Crippen molar-refractivity contribution in [3.05, 3.63) is 90.0 Å². The highest BCUT2D eigenvalue weighted by Crippen LogP contribution is 2.35. The monoisotopic (exact) mass is 566 g/mol. The molecule has 9 heteroatoms. The molecular weight excluding hydrogens is 532 g/mol. The summed E-state index contributed by atoms with van der Waals surface area (Å²) < 4.78 is 35.0. The summed E-state index contributed by atoms with van der Waals surface area (Å²) in [5, 5.41) is 3.26. The first-order valence-corrected chi connectivity index (χ1v) is 15.9. The number of carbonyl (C=O) groups is 1. The van der Waals surface area contributed by atoms with Gasteiger partial charge in [-0.25, -0.2) is 8.42 Å². The average molecular weight is 567 g/mol. The minimum absolute atomic E-state index is 0.0277. The molecule has 0 bridgehead atoms. The lowest BCUT2D eigenvalue weighted by atomic mass is 10.1. The van der Waals surface area contributed by atoms with E-state index < -0.39 is 9.84 Å². The Kier molecular flexibility index (Phi) is 8.79. The van der Waals surface area contributed by atoms with Crippen LogP contribution in [-0.4, -0.2) is 61.7 Å². The van der Waals surface area contributed by atoms with Crippen LogP contribution in [0.3, 0.4) is 0 Å². The van der Waals surface area contributed by atoms with Gasteiger partial charge in [-0.15, -0.1) is 11.8 Å². The van der Waals surface area contributed by atoms with Crippen LogP contribution in [0.25, 0.3) is 0 Å². The summed E-state index contributed by atoms with van der Waals surface area (Å²) >= 11 is 1.76. The third-order valence-electron chi connectivity index (χ3n) is 7.17. The Bertz CT molecular complexity index is 1350. The van der Waals surface area contributed by atoms with E-state index in [0.717, 1.165) is 34.1 Å². The van der Waals surface area contributed by atoms with Gasteiger partial charge in [0.2, 0.25) is 5.91 Å². The van der Waals surface area contributed by atoms with Gasteiger partial charge < -0.3 is 14.8 Å². The van der Waals surface area contributed by atoms with Crippen LogP contribution in [0.2, 0.25) is 0 Å². The van der Waals surface area contributed by atoms with E-state index in [1.807, 2.05) is 78.9 Å². The number of ether oxygens (including phenoxy) is 2. The topological polar surface area (TPSA) is 84.9 Å². The van der Waals surface area contributed by atoms with Gasteiger partial charge in [-0.2, -0.15) is 0 Å². The summed E-state index contributed by atoms with van der Waals surface area (Å²) in [6.45, 7) is 1.89. The standard InChI is InChI=1S/C30H34N2O5S2/c1-36-25-11-13-27(14-12-25)38-28-17-29(30(33)31-24-15-16-39(34,35)21-24)32(19-28)18-22-7-9-26(10-8-22)37-20-23-5-3-2-4-6-23/h2-14,24,28-29H,15-21H2,1H3,(H,31,33)/t24?,28-,29+/m1/s1. The number of nitrogens with one attached hydrogen (secondary N) is 1. The zero-order valence-corrected chi connectivity index (χ0v) is 23.6. The van der Waals surface area contributed by atoms with E-state index in [1.54, 1.807) is 18.9 Å². The van der Waals surface area contributed by atoms with Gasteiger partial charge in [0, 0.05) is 29.3 Å². The first kappa shape index (κ1) is 27.6. The summed E-state index contributed by atoms with van der Waals surface area (Å²) in [5.41, 5.74) is 2.21. The Morgan fingerprint density at radius 2 is 1.69 bits per heavy atom. The number of carbonyl (C=O) groups excluding carboxylic acids is 1. The highest BCUT2D eigenvalue weighted by molar-refractivity contribution is 8.00. The second-order valence-electron chi connectivity index (χ2n) is 10.1. The first-order chi connectivity index (χ1) is 18.9. The molecule has 0 spiro atoms. The smallest absolute Gasteiger partial charge is 0.237 e. The highest BCUT2D eigenvalue weighted by atomic mass is 32.2. The Labute approximate surface area is 234 Å². The largest absolute Gasteiger partial charge is 0.497 e. The van der Waals surface area contributed by atoms with Gasteiger partial charge in [0.25, 0.3) is 0 Å². The fourth-order valence-corrected chi connectivity index (χ4v) is 8.01. The molecule has 0 aromatic heterocycles. The Hall–Kier alpha value is -3.01. The molecule has 2 saturated heterocycles. The van der Waals surface area contributed by atoms with E-state index in [2.05, 4.69) is 10.2 Å². The zero-order chi connectivity index (χ0) is 27.2. The number of methoxy groups -OCH3 is 1. The van der Waals surface area contributed by atoms with Crippen molar-refractivity contribution in [1.29, 1.82) is 0 Å². The molecule has 1 amide bonds. The van der Waals surface area contributed by atoms with Gasteiger partial charge in [0.15, 0.2) is 9.84 Å². The van der Waals surface area contributed by atoms with Crippen LogP contribution in [0, 0.1) is 0 Å². The highest BCUT2D eigenvalue weighted by Gasteiger charge is 2.39. The van der Waals surface area contributed by atoms with E-state index in [9.17, 15) is 13.2 Å². The third kappa shape index (κ3) is 7.56. The molecule has 0 radical (unpaired) electrons. The Morgan fingerprint density at radius 1 is 0.974 bits per heavy atom. The number of hydrogen-bond donors (Lipinski definition) is 1. The molecule has 3 aromatic carbocycles. The maximum atomic E-state index is 13.4. The number of sulfone groups is 1. The van der Waals surface area contributed by atoms with Crippen LogP contribution in [0.5, 0.6) is 11.5 Å². The second-order valence-corrected chi connectivity index (χ2v) is 13.7. The van der Waals surface area contributed by atoms with Gasteiger partial charge in [-0.05, 0) is 60.4 Å². The molecule has 0 aliphatic carbocycles. The van der Waals surface area contributed by atoms with Crippen LogP contribution in [0.4, 0.5) is 0 Å². The number of rotatable bonds is 10. The summed E-state index contributed by atoms with van der Waals surface area (Å²) in [4.78, 5) is 16.7. The van der Waals surface area contributed by atoms with Crippen LogP contribution in [0.1, 0.15) is 24.0 Å². The number of amides is 1. The van der Waals surface area contributed by atoms with Crippen molar-refractivity contribution in [2.45, 2.75) is 48.2 Å². The molecular formula is C30H34N2O5S2. The van der Waals surface area contributed by atoms with Crippen molar-refractivity contribution in [3.8, 4) is 11.5 Å². The first-order valence-electron chi connectivity index (χ1n) is 13.2. The lowest BCUT2D eigenvalue weighted by molar-refractivity contribution is -0.126. The maximum absolute atomic E-state index is 13.4. The fourth-order valence-electron chi connectivity index (χ4n) is 5.11. The van der Waals surface area contributed by atoms with Crippen LogP contribution in [0.15, 0.2) is 83.8 Å². The third-order valence-corrected chi connectivity index (χ3v) is 10.2. The molecule has 2 aliphatic rings. The number of hydrogen-bond acceptors (Lipinski definition) is 7. The number of thioether (sulfide) groups is 1. The second kappa shape index (κ2) is 12.4. The summed E-state index contributed by atoms with van der Waals surface area (Å²) in [5.74, 6) is 1.69. The zero-order valence-electron chi connectivity index (χ0n) is 22.0. The van der Waals surface area contributed by atoms with Gasteiger partial charge in [0.1, 0.15) is 18.1 Å². The molecule has 3 atom stereocenters. The fraction of sp³-hybridized carbons (Fsp3) is 0.367. The number of nitrogens with zero attached hydrogens (tertiary/aromatic N) is 1. The molecule has 1 N–H and O–H groups in total. The summed E-state index contributed by atoms with van der Waals surface area (Å²) in [7, 11) is -1.41. The van der Waals surface area contributed by atoms with Crippen molar-refractivity contribution in [1.82, 2.24) is 10.2 Å². The van der Waals surface area contributed by atoms with Crippen molar-refractivity contribution in [3.63, 3.8) is 0 Å². The van der Waals surface area contributed by atoms with E-state index in [4.69, 9.17) is 9.47 Å². The predicted octanol–water partition coefficient (Wildman–Crippen LogP) is 4.31. The van der Waals surface area contributed by atoms with E-state index in [1.165, 1.54) is 0 Å². The van der Waals surface area contributed by atoms with Crippen molar-refractivity contribution < 1.29 is 22.7 Å². The van der Waals surface area contributed by atoms with Crippen LogP contribution >= 0.6 is 11.8 Å². The SMILES string of the molecule is COc1ccc(S[C@@H]2C[C@@H](C(=O)NC3CCS(=O)(=O)C3)N(Cc3ccc(OCc4ccccc4)cc3)C2)cc1. The molecule has 3 aromatic rings. The van der Waals surface area contributed by atoms with Crippen molar-refractivity contribution >= 4 is 27.5 Å². The Morgan fingerprint density at radius 3 is 2.36 bits per heavy atom. The van der Waals surface area contributed by atoms with Crippen molar-refractivity contribution in [2.75, 3.05) is 25.2 Å². The van der Waals surface area contributed by atoms with Crippen LogP contribution < -0.4 is 14.8 Å². The number of benzene rings is 3. The normalized spacial score (nSPS) is 22.4. The van der Waals surface area contributed by atoms with E-state index in [0.29, 0.717) is 26.0 Å². The van der Waals surface area contributed by atoms with Gasteiger partial charge in [-0.3, -0.25) is 9.69 Å². The molecule has 5 rings (SSSR count). The van der Waals surface area contributed by atoms with Crippen molar-refractivity contribution in [2.24, 2.45) is 0 Å². The van der Waals surface area contributed by atoms with Gasteiger partial charge >= 0.3 is 0 Å². The summed E-state index contributed by atoms with van der Waals surface area (Å²) in [6.07, 6.45) is 1.18. The van der Waals surface area contributed by atoms with E-state index >= 15 is 0 Å². The molecule has 39 heavy (non-hydrogen) atoms. The molecule has 2 aliphatic heterocycles. The maximum Gasteiger partial charge on any atom is 0.237 e. The lowest BCUT2D eigenvalue weighted by Crippen LogP contribution is -2.47. The lowest BCUT2D eigenvalue weighted by Gasteiger charge is -2.25. The molecule has 2 fully saturated rings. The minimum atomic E-state index is -3.07.